The average Bonchev–Trinajstić information content (AvgIpc) is 2.64. The van der Waals surface area contributed by atoms with Crippen LogP contribution in [-0.4, -0.2) is 43.6 Å². The lowest BCUT2D eigenvalue weighted by molar-refractivity contribution is 0.0977. The molecule has 0 bridgehead atoms. The summed E-state index contributed by atoms with van der Waals surface area (Å²) in [4.78, 5) is 22.1. The molecule has 0 aliphatic carbocycles. The Morgan fingerprint density at radius 1 is 1.11 bits per heavy atom. The quantitative estimate of drug-likeness (QED) is 0.803. The van der Waals surface area contributed by atoms with Crippen molar-refractivity contribution in [1.29, 1.82) is 0 Å². The molecule has 28 heavy (non-hydrogen) atoms. The first kappa shape index (κ1) is 19.9. The molecule has 1 aromatic heterocycles. The molecule has 2 aromatic rings. The minimum Gasteiger partial charge on any atom is -0.451 e. The Kier molecular flexibility index (Phi) is 5.73. The van der Waals surface area contributed by atoms with Crippen LogP contribution in [0.4, 0.5) is 14.7 Å². The molecule has 0 spiro atoms. The summed E-state index contributed by atoms with van der Waals surface area (Å²) in [5.74, 6) is -3.31. The van der Waals surface area contributed by atoms with Gasteiger partial charge in [0.1, 0.15) is 5.82 Å². The minimum atomic E-state index is -3.91. The molecule has 0 atom stereocenters. The van der Waals surface area contributed by atoms with Crippen LogP contribution >= 0.6 is 0 Å². The number of anilines is 1. The van der Waals surface area contributed by atoms with E-state index in [1.807, 2.05) is 4.90 Å². The molecule has 1 N–H and O–H groups in total. The first-order valence-corrected chi connectivity index (χ1v) is 10.4. The van der Waals surface area contributed by atoms with Gasteiger partial charge < -0.3 is 9.64 Å². The Labute approximate surface area is 160 Å². The van der Waals surface area contributed by atoms with Crippen molar-refractivity contribution in [2.24, 2.45) is 0 Å². The third kappa shape index (κ3) is 4.91. The maximum Gasteiger partial charge on any atom is 0.267 e. The lowest BCUT2D eigenvalue weighted by Crippen LogP contribution is -2.30. The molecule has 1 aromatic carbocycles. The first-order valence-electron chi connectivity index (χ1n) is 8.49. The van der Waals surface area contributed by atoms with E-state index in [9.17, 15) is 22.0 Å². The number of amides is 1. The number of benzene rings is 1. The van der Waals surface area contributed by atoms with E-state index in [0.29, 0.717) is 18.1 Å². The van der Waals surface area contributed by atoms with Crippen molar-refractivity contribution in [2.45, 2.75) is 19.3 Å². The number of carbonyl (C=O) groups excluding carboxylic acids is 1. The van der Waals surface area contributed by atoms with E-state index in [-0.39, 0.29) is 5.75 Å². The van der Waals surface area contributed by atoms with Crippen LogP contribution in [0.1, 0.15) is 29.6 Å². The Hall–Kier alpha value is -2.82. The highest BCUT2D eigenvalue weighted by atomic mass is 32.2. The second-order valence-corrected chi connectivity index (χ2v) is 8.08. The van der Waals surface area contributed by atoms with Gasteiger partial charge in [-0.3, -0.25) is 4.79 Å². The van der Waals surface area contributed by atoms with E-state index >= 15 is 0 Å². The Balaban J connectivity index is 1.75. The largest absolute Gasteiger partial charge is 0.451 e. The molecule has 11 heteroatoms. The number of hydrogen-bond donors (Lipinski definition) is 1. The average molecular weight is 412 g/mol. The van der Waals surface area contributed by atoms with Crippen molar-refractivity contribution >= 4 is 21.9 Å². The number of nitrogens with zero attached hydrogens (tertiary/aromatic N) is 3. The molecule has 1 aliphatic heterocycles. The summed E-state index contributed by atoms with van der Waals surface area (Å²) in [6, 6.07) is 1.22. The molecule has 1 amide bonds. The van der Waals surface area contributed by atoms with Gasteiger partial charge in [0.2, 0.25) is 16.0 Å². The number of sulfonamides is 1. The van der Waals surface area contributed by atoms with Crippen LogP contribution in [-0.2, 0) is 10.0 Å². The summed E-state index contributed by atoms with van der Waals surface area (Å²) in [6.45, 7) is 1.72. The summed E-state index contributed by atoms with van der Waals surface area (Å²) < 4.78 is 57.3. The van der Waals surface area contributed by atoms with Crippen molar-refractivity contribution in [3.8, 4) is 11.5 Å². The maximum absolute atomic E-state index is 14.2. The SMILES string of the molecule is CS(=O)(=O)NC(=O)c1cc(F)c(Oc2cnc(N3CCCCC3)nc2)cc1F. The van der Waals surface area contributed by atoms with Crippen molar-refractivity contribution in [1.82, 2.24) is 14.7 Å². The topological polar surface area (TPSA) is 101 Å². The van der Waals surface area contributed by atoms with E-state index in [4.69, 9.17) is 4.74 Å². The number of piperidine rings is 1. The zero-order valence-corrected chi connectivity index (χ0v) is 15.8. The number of carbonyl (C=O) groups is 1. The standard InChI is InChI=1S/C17H18F2N4O4S/c1-28(25,26)22-16(24)12-7-14(19)15(8-13(12)18)27-11-9-20-17(21-10-11)23-5-3-2-4-6-23/h7-10H,2-6H2,1H3,(H,22,24). The van der Waals surface area contributed by atoms with E-state index in [1.54, 1.807) is 4.72 Å². The number of nitrogens with one attached hydrogen (secondary N) is 1. The van der Waals surface area contributed by atoms with E-state index in [2.05, 4.69) is 9.97 Å². The fourth-order valence-electron chi connectivity index (χ4n) is 2.75. The summed E-state index contributed by atoms with van der Waals surface area (Å²) in [5.41, 5.74) is -0.757. The molecule has 8 nitrogen and oxygen atoms in total. The van der Waals surface area contributed by atoms with Gasteiger partial charge in [0.25, 0.3) is 5.91 Å². The molecule has 0 unspecified atom stereocenters. The summed E-state index contributed by atoms with van der Waals surface area (Å²) in [6.07, 6.45) is 6.71. The van der Waals surface area contributed by atoms with Gasteiger partial charge in [-0.05, 0) is 25.3 Å². The minimum absolute atomic E-state index is 0.0902. The van der Waals surface area contributed by atoms with Crippen LogP contribution in [0.25, 0.3) is 0 Å². The van der Waals surface area contributed by atoms with Gasteiger partial charge in [-0.1, -0.05) is 0 Å². The van der Waals surface area contributed by atoms with E-state index in [0.717, 1.165) is 32.2 Å². The zero-order chi connectivity index (χ0) is 20.3. The number of halogens is 2. The highest BCUT2D eigenvalue weighted by Gasteiger charge is 2.20. The first-order chi connectivity index (χ1) is 13.2. The molecular weight excluding hydrogens is 394 g/mol. The summed E-state index contributed by atoms with van der Waals surface area (Å²) >= 11 is 0. The zero-order valence-electron chi connectivity index (χ0n) is 15.0. The molecule has 3 rings (SSSR count). The smallest absolute Gasteiger partial charge is 0.267 e. The number of ether oxygens (including phenoxy) is 1. The van der Waals surface area contributed by atoms with Crippen LogP contribution in [0.15, 0.2) is 24.5 Å². The second-order valence-electron chi connectivity index (χ2n) is 6.33. The van der Waals surface area contributed by atoms with Gasteiger partial charge >= 0.3 is 0 Å². The highest BCUT2D eigenvalue weighted by molar-refractivity contribution is 7.89. The molecular formula is C17H18F2N4O4S. The third-order valence-electron chi connectivity index (χ3n) is 4.03. The lowest BCUT2D eigenvalue weighted by atomic mass is 10.1. The van der Waals surface area contributed by atoms with Crippen molar-refractivity contribution in [3.63, 3.8) is 0 Å². The highest BCUT2D eigenvalue weighted by Crippen LogP contribution is 2.27. The Bertz CT molecular complexity index is 977. The van der Waals surface area contributed by atoms with E-state index in [1.165, 1.54) is 18.8 Å². The van der Waals surface area contributed by atoms with Gasteiger partial charge in [-0.25, -0.2) is 31.9 Å². The van der Waals surface area contributed by atoms with Crippen LogP contribution in [0.2, 0.25) is 0 Å². The van der Waals surface area contributed by atoms with Crippen molar-refractivity contribution in [2.75, 3.05) is 24.2 Å². The molecule has 1 saturated heterocycles. The fourth-order valence-corrected chi connectivity index (χ4v) is 3.20. The van der Waals surface area contributed by atoms with Gasteiger partial charge in [0.15, 0.2) is 17.3 Å². The molecule has 150 valence electrons. The predicted octanol–water partition coefficient (Wildman–Crippen LogP) is 2.23. The lowest BCUT2D eigenvalue weighted by Gasteiger charge is -2.26. The molecule has 1 fully saturated rings. The molecule has 2 heterocycles. The van der Waals surface area contributed by atoms with Gasteiger partial charge in [-0.2, -0.15) is 0 Å². The Morgan fingerprint density at radius 3 is 2.36 bits per heavy atom. The summed E-state index contributed by atoms with van der Waals surface area (Å²) in [5, 5.41) is 0. The van der Waals surface area contributed by atoms with Crippen LogP contribution in [0, 0.1) is 11.6 Å². The predicted molar refractivity (Wildman–Crippen MR) is 96.8 cm³/mol. The Morgan fingerprint density at radius 2 is 1.75 bits per heavy atom. The second kappa shape index (κ2) is 8.05. The number of rotatable bonds is 5. The van der Waals surface area contributed by atoms with Crippen molar-refractivity contribution in [3.05, 3.63) is 41.7 Å². The molecule has 0 saturated carbocycles. The third-order valence-corrected chi connectivity index (χ3v) is 4.58. The fraction of sp³-hybridized carbons (Fsp3) is 0.353. The monoisotopic (exact) mass is 412 g/mol. The molecule has 0 radical (unpaired) electrons. The van der Waals surface area contributed by atoms with E-state index < -0.39 is 38.9 Å². The van der Waals surface area contributed by atoms with Crippen LogP contribution in [0.5, 0.6) is 11.5 Å². The molecule has 1 aliphatic rings. The normalized spacial score (nSPS) is 14.6. The van der Waals surface area contributed by atoms with Crippen molar-refractivity contribution < 1.29 is 26.7 Å². The maximum atomic E-state index is 14.2. The summed E-state index contributed by atoms with van der Waals surface area (Å²) in [7, 11) is -3.91. The van der Waals surface area contributed by atoms with Crippen LogP contribution < -0.4 is 14.4 Å². The number of aromatic nitrogens is 2. The number of hydrogen-bond acceptors (Lipinski definition) is 7. The van der Waals surface area contributed by atoms with Gasteiger partial charge in [-0.15, -0.1) is 0 Å². The van der Waals surface area contributed by atoms with Gasteiger partial charge in [0, 0.05) is 19.2 Å². The van der Waals surface area contributed by atoms with Crippen LogP contribution in [0.3, 0.4) is 0 Å². The van der Waals surface area contributed by atoms with Gasteiger partial charge in [0.05, 0.1) is 24.2 Å².